The minimum atomic E-state index is -4.64. The molecule has 0 bridgehead atoms. The first-order valence-electron chi connectivity index (χ1n) is 9.68. The number of anilines is 1. The molecule has 1 aromatic rings. The molecule has 0 aromatic heterocycles. The van der Waals surface area contributed by atoms with Crippen LogP contribution in [0.3, 0.4) is 0 Å². The van der Waals surface area contributed by atoms with Gasteiger partial charge in [-0.2, -0.15) is 8.42 Å². The summed E-state index contributed by atoms with van der Waals surface area (Å²) in [7, 11) is -3.47. The summed E-state index contributed by atoms with van der Waals surface area (Å²) in [6, 6.07) is 5.21. The van der Waals surface area contributed by atoms with E-state index in [-0.39, 0.29) is 11.8 Å². The fourth-order valence-electron chi connectivity index (χ4n) is 3.42. The van der Waals surface area contributed by atoms with Crippen LogP contribution in [0.4, 0.5) is 5.69 Å². The van der Waals surface area contributed by atoms with Gasteiger partial charge in [-0.05, 0) is 30.4 Å². The molecule has 9 nitrogen and oxygen atoms in total. The van der Waals surface area contributed by atoms with Gasteiger partial charge in [0, 0.05) is 0 Å². The smallest absolute Gasteiger partial charge is 0.346 e. The lowest BCUT2D eigenvalue weighted by atomic mass is 9.97. The lowest BCUT2D eigenvalue weighted by Gasteiger charge is -2.43. The Kier molecular flexibility index (Phi) is 7.36. The molecule has 1 aliphatic heterocycles. The largest absolute Gasteiger partial charge is 0.484 e. The van der Waals surface area contributed by atoms with Crippen molar-refractivity contribution >= 4 is 27.7 Å². The molecular weight excluding hydrogens is 414 g/mol. The van der Waals surface area contributed by atoms with Crippen LogP contribution in [0.25, 0.3) is 0 Å². The first-order chi connectivity index (χ1) is 13.9. The molecule has 0 saturated carbocycles. The first-order valence-corrected chi connectivity index (χ1v) is 11.2. The lowest BCUT2D eigenvalue weighted by Crippen LogP contribution is -2.57. The van der Waals surface area contributed by atoms with Crippen molar-refractivity contribution in [2.75, 3.05) is 18.6 Å². The predicted octanol–water partition coefficient (Wildman–Crippen LogP) is 2.35. The molecule has 0 spiro atoms. The van der Waals surface area contributed by atoms with Crippen molar-refractivity contribution in [1.82, 2.24) is 0 Å². The maximum Gasteiger partial charge on any atom is 0.346 e. The second-order valence-corrected chi connectivity index (χ2v) is 9.38. The number of carbonyl (C=O) groups is 2. The second-order valence-electron chi connectivity index (χ2n) is 7.87. The molecule has 2 rings (SSSR count). The van der Waals surface area contributed by atoms with Gasteiger partial charge in [0.15, 0.2) is 11.5 Å². The average Bonchev–Trinajstić information content (AvgIpc) is 2.64. The number of esters is 2. The number of ether oxygens (including phenoxy) is 3. The van der Waals surface area contributed by atoms with E-state index in [1.54, 1.807) is 26.0 Å². The van der Waals surface area contributed by atoms with E-state index in [1.807, 2.05) is 19.9 Å². The number of nitrogens with zero attached hydrogens (tertiary/aromatic N) is 1. The SMILES string of the molecule is COC(=O)C(C)OC(=O)CN1c2cccc(C(C)C)c2O[C@H](C(C)C)C1S(=O)(=O)O. The normalized spacial score (nSPS) is 19.8. The van der Waals surface area contributed by atoms with E-state index in [9.17, 15) is 22.6 Å². The zero-order valence-electron chi connectivity index (χ0n) is 18.0. The number of fused-ring (bicyclic) bond motifs is 1. The van der Waals surface area contributed by atoms with Gasteiger partial charge < -0.3 is 19.1 Å². The van der Waals surface area contributed by atoms with Gasteiger partial charge in [-0.25, -0.2) is 4.79 Å². The molecule has 0 fully saturated rings. The summed E-state index contributed by atoms with van der Waals surface area (Å²) in [6.45, 7) is 8.31. The van der Waals surface area contributed by atoms with Crippen LogP contribution in [0.15, 0.2) is 18.2 Å². The van der Waals surface area contributed by atoms with Crippen molar-refractivity contribution in [3.8, 4) is 5.75 Å². The van der Waals surface area contributed by atoms with Crippen molar-refractivity contribution in [2.45, 2.75) is 58.1 Å². The van der Waals surface area contributed by atoms with Crippen LogP contribution in [0.5, 0.6) is 5.75 Å². The van der Waals surface area contributed by atoms with Crippen LogP contribution in [0.2, 0.25) is 0 Å². The Balaban J connectivity index is 2.53. The topological polar surface area (TPSA) is 119 Å². The van der Waals surface area contributed by atoms with E-state index in [0.717, 1.165) is 5.56 Å². The molecule has 1 aromatic carbocycles. The van der Waals surface area contributed by atoms with Crippen LogP contribution in [-0.4, -0.2) is 56.1 Å². The van der Waals surface area contributed by atoms with Gasteiger partial charge in [0.1, 0.15) is 18.4 Å². The number of hydrogen-bond donors (Lipinski definition) is 1. The maximum atomic E-state index is 12.5. The Morgan fingerprint density at radius 1 is 1.20 bits per heavy atom. The van der Waals surface area contributed by atoms with Gasteiger partial charge in [0.2, 0.25) is 0 Å². The molecule has 0 aliphatic carbocycles. The van der Waals surface area contributed by atoms with Gasteiger partial charge in [-0.1, -0.05) is 39.8 Å². The number of carbonyl (C=O) groups excluding carboxylic acids is 2. The van der Waals surface area contributed by atoms with Crippen molar-refractivity contribution in [3.05, 3.63) is 23.8 Å². The van der Waals surface area contributed by atoms with Gasteiger partial charge in [0.05, 0.1) is 12.8 Å². The number of hydrogen-bond acceptors (Lipinski definition) is 8. The number of para-hydroxylation sites is 1. The number of methoxy groups -OCH3 is 1. The van der Waals surface area contributed by atoms with E-state index >= 15 is 0 Å². The van der Waals surface area contributed by atoms with Crippen molar-refractivity contribution in [2.24, 2.45) is 5.92 Å². The highest BCUT2D eigenvalue weighted by Gasteiger charge is 2.47. The van der Waals surface area contributed by atoms with Gasteiger partial charge >= 0.3 is 11.9 Å². The summed E-state index contributed by atoms with van der Waals surface area (Å²) in [5.74, 6) is -1.34. The standard InChI is InChI=1S/C20H29NO8S/c1-11(2)14-8-7-9-15-18(14)29-17(12(3)4)19(30(24,25)26)21(15)10-16(22)28-13(5)20(23)27-6/h7-9,11-13,17,19H,10H2,1-6H3,(H,24,25,26)/t13?,17-,19?/m1/s1. The van der Waals surface area contributed by atoms with Gasteiger partial charge in [-0.3, -0.25) is 9.35 Å². The van der Waals surface area contributed by atoms with E-state index < -0.39 is 46.2 Å². The van der Waals surface area contributed by atoms with Crippen LogP contribution in [0.1, 0.15) is 46.1 Å². The molecule has 10 heteroatoms. The lowest BCUT2D eigenvalue weighted by molar-refractivity contribution is -0.163. The molecule has 1 heterocycles. The van der Waals surface area contributed by atoms with E-state index in [0.29, 0.717) is 11.4 Å². The third kappa shape index (κ3) is 5.04. The minimum absolute atomic E-state index is 0.0724. The summed E-state index contributed by atoms with van der Waals surface area (Å²) >= 11 is 0. The highest BCUT2D eigenvalue weighted by atomic mass is 32.2. The Bertz CT molecular complexity index is 896. The zero-order valence-corrected chi connectivity index (χ0v) is 18.8. The van der Waals surface area contributed by atoms with Crippen molar-refractivity contribution in [1.29, 1.82) is 0 Å². The number of benzene rings is 1. The van der Waals surface area contributed by atoms with Crippen LogP contribution >= 0.6 is 0 Å². The van der Waals surface area contributed by atoms with Gasteiger partial charge in [0.25, 0.3) is 10.1 Å². The first kappa shape index (κ1) is 23.9. The molecular formula is C20H29NO8S. The van der Waals surface area contributed by atoms with Gasteiger partial charge in [-0.15, -0.1) is 0 Å². The summed E-state index contributed by atoms with van der Waals surface area (Å²) in [4.78, 5) is 25.3. The van der Waals surface area contributed by atoms with E-state index in [1.165, 1.54) is 18.9 Å². The molecule has 0 amide bonds. The number of rotatable bonds is 7. The van der Waals surface area contributed by atoms with Crippen LogP contribution in [-0.2, 0) is 29.2 Å². The summed E-state index contributed by atoms with van der Waals surface area (Å²) in [6.07, 6.45) is -2.09. The molecule has 1 N–H and O–H groups in total. The highest BCUT2D eigenvalue weighted by molar-refractivity contribution is 7.86. The van der Waals surface area contributed by atoms with Crippen LogP contribution in [0, 0.1) is 5.92 Å². The summed E-state index contributed by atoms with van der Waals surface area (Å²) in [5, 5.41) is -1.52. The molecule has 168 valence electrons. The Hall–Kier alpha value is -2.33. The van der Waals surface area contributed by atoms with Crippen molar-refractivity contribution in [3.63, 3.8) is 0 Å². The highest BCUT2D eigenvalue weighted by Crippen LogP contribution is 2.44. The average molecular weight is 444 g/mol. The van der Waals surface area contributed by atoms with Crippen molar-refractivity contribution < 1.29 is 36.8 Å². The molecule has 3 atom stereocenters. The van der Waals surface area contributed by atoms with E-state index in [4.69, 9.17) is 9.47 Å². The Morgan fingerprint density at radius 3 is 2.33 bits per heavy atom. The zero-order chi connectivity index (χ0) is 22.8. The molecule has 0 radical (unpaired) electrons. The molecule has 1 aliphatic rings. The quantitative estimate of drug-likeness (QED) is 0.500. The second kappa shape index (κ2) is 9.22. The minimum Gasteiger partial charge on any atom is -0.484 e. The third-order valence-corrected chi connectivity index (χ3v) is 6.03. The Labute approximate surface area is 177 Å². The maximum absolute atomic E-state index is 12.5. The summed E-state index contributed by atoms with van der Waals surface area (Å²) < 4.78 is 50.3. The van der Waals surface area contributed by atoms with Crippen LogP contribution < -0.4 is 9.64 Å². The predicted molar refractivity (Wildman–Crippen MR) is 110 cm³/mol. The Morgan fingerprint density at radius 2 is 1.83 bits per heavy atom. The monoisotopic (exact) mass is 443 g/mol. The van der Waals surface area contributed by atoms with E-state index in [2.05, 4.69) is 4.74 Å². The fourth-order valence-corrected chi connectivity index (χ4v) is 4.64. The summed E-state index contributed by atoms with van der Waals surface area (Å²) in [5.41, 5.74) is 1.19. The third-order valence-electron chi connectivity index (χ3n) is 4.90. The molecule has 30 heavy (non-hydrogen) atoms. The fraction of sp³-hybridized carbons (Fsp3) is 0.600. The molecule has 0 saturated heterocycles. The molecule has 2 unspecified atom stereocenters.